The molecule has 0 heterocycles. The second-order valence-electron chi connectivity index (χ2n) is 5.69. The van der Waals surface area contributed by atoms with Crippen LogP contribution in [0.2, 0.25) is 0 Å². The highest BCUT2D eigenvalue weighted by Gasteiger charge is 2.07. The van der Waals surface area contributed by atoms with Gasteiger partial charge in [-0.05, 0) is 60.2 Å². The predicted molar refractivity (Wildman–Crippen MR) is 92.4 cm³/mol. The molecule has 0 bridgehead atoms. The van der Waals surface area contributed by atoms with Gasteiger partial charge >= 0.3 is 0 Å². The van der Waals surface area contributed by atoms with Crippen LogP contribution in [0.3, 0.4) is 0 Å². The lowest BCUT2D eigenvalue weighted by Crippen LogP contribution is -1.94. The third kappa shape index (κ3) is 2.98. The lowest BCUT2D eigenvalue weighted by atomic mass is 9.92. The monoisotopic (exact) mass is 277 g/mol. The van der Waals surface area contributed by atoms with Gasteiger partial charge in [-0.15, -0.1) is 0 Å². The van der Waals surface area contributed by atoms with Crippen molar-refractivity contribution in [2.24, 2.45) is 0 Å². The van der Waals surface area contributed by atoms with E-state index in [0.717, 1.165) is 6.42 Å². The highest BCUT2D eigenvalue weighted by atomic mass is 14.1. The van der Waals surface area contributed by atoms with Gasteiger partial charge in [-0.25, -0.2) is 0 Å². The van der Waals surface area contributed by atoms with Gasteiger partial charge in [0.05, 0.1) is 0 Å². The average molecular weight is 277 g/mol. The summed E-state index contributed by atoms with van der Waals surface area (Å²) in [5, 5.41) is 2.77. The van der Waals surface area contributed by atoms with Gasteiger partial charge in [0.15, 0.2) is 0 Å². The van der Waals surface area contributed by atoms with E-state index in [1.165, 1.54) is 38.6 Å². The standard InChI is InChI=1S/C20H20.H3N/c1-14-8-10-17(11-9-14)13-18-12-15(2)16(3)19-6-4-5-7-20(18)19;/h4-12H,13H2,1-3H3;1H3. The molecule has 3 N–H and O–H groups in total. The molecule has 108 valence electrons. The van der Waals surface area contributed by atoms with Crippen molar-refractivity contribution in [1.82, 2.24) is 6.15 Å². The van der Waals surface area contributed by atoms with Gasteiger partial charge in [0.25, 0.3) is 0 Å². The molecule has 0 fully saturated rings. The van der Waals surface area contributed by atoms with Gasteiger partial charge < -0.3 is 6.15 Å². The summed E-state index contributed by atoms with van der Waals surface area (Å²) in [7, 11) is 0. The normalized spacial score (nSPS) is 10.4. The largest absolute Gasteiger partial charge is 0.344 e. The first-order valence-electron chi connectivity index (χ1n) is 7.18. The molecule has 0 aromatic heterocycles. The third-order valence-corrected chi connectivity index (χ3v) is 4.17. The van der Waals surface area contributed by atoms with E-state index in [0.29, 0.717) is 0 Å². The molecule has 0 aliphatic heterocycles. The fourth-order valence-corrected chi connectivity index (χ4v) is 2.82. The molecule has 0 spiro atoms. The molecule has 1 nitrogen and oxygen atoms in total. The number of rotatable bonds is 2. The van der Waals surface area contributed by atoms with Gasteiger partial charge in [0, 0.05) is 0 Å². The van der Waals surface area contributed by atoms with Gasteiger partial charge in [0.2, 0.25) is 0 Å². The minimum atomic E-state index is 0. The Hall–Kier alpha value is -2.12. The molecule has 3 aromatic carbocycles. The van der Waals surface area contributed by atoms with Crippen LogP contribution in [0.15, 0.2) is 54.6 Å². The van der Waals surface area contributed by atoms with Crippen LogP contribution in [-0.4, -0.2) is 0 Å². The number of benzene rings is 3. The van der Waals surface area contributed by atoms with E-state index >= 15 is 0 Å². The Labute approximate surface area is 127 Å². The van der Waals surface area contributed by atoms with Crippen molar-refractivity contribution in [1.29, 1.82) is 0 Å². The lowest BCUT2D eigenvalue weighted by molar-refractivity contribution is 1.19. The molecule has 3 aromatic rings. The summed E-state index contributed by atoms with van der Waals surface area (Å²) in [6.07, 6.45) is 1.00. The van der Waals surface area contributed by atoms with Crippen molar-refractivity contribution >= 4 is 10.8 Å². The molecule has 0 atom stereocenters. The van der Waals surface area contributed by atoms with Crippen molar-refractivity contribution in [3.63, 3.8) is 0 Å². The zero-order valence-corrected chi connectivity index (χ0v) is 13.1. The summed E-state index contributed by atoms with van der Waals surface area (Å²) in [4.78, 5) is 0. The van der Waals surface area contributed by atoms with E-state index in [2.05, 4.69) is 75.4 Å². The zero-order chi connectivity index (χ0) is 14.1. The summed E-state index contributed by atoms with van der Waals surface area (Å²) >= 11 is 0. The first-order valence-corrected chi connectivity index (χ1v) is 7.18. The van der Waals surface area contributed by atoms with Gasteiger partial charge in [-0.1, -0.05) is 60.2 Å². The topological polar surface area (TPSA) is 35.0 Å². The van der Waals surface area contributed by atoms with Crippen LogP contribution in [0.25, 0.3) is 10.8 Å². The van der Waals surface area contributed by atoms with Gasteiger partial charge in [-0.2, -0.15) is 0 Å². The maximum atomic E-state index is 2.34. The molecule has 0 radical (unpaired) electrons. The maximum absolute atomic E-state index is 2.34. The Morgan fingerprint density at radius 2 is 1.38 bits per heavy atom. The Morgan fingerprint density at radius 3 is 2.05 bits per heavy atom. The summed E-state index contributed by atoms with van der Waals surface area (Å²) in [5.74, 6) is 0. The summed E-state index contributed by atoms with van der Waals surface area (Å²) < 4.78 is 0. The second-order valence-corrected chi connectivity index (χ2v) is 5.69. The first-order chi connectivity index (χ1) is 9.65. The second kappa shape index (κ2) is 6.11. The van der Waals surface area contributed by atoms with Crippen molar-refractivity contribution in [2.45, 2.75) is 27.2 Å². The molecule has 0 amide bonds. The molecule has 1 heteroatoms. The minimum Gasteiger partial charge on any atom is -0.344 e. The van der Waals surface area contributed by atoms with Crippen LogP contribution < -0.4 is 6.15 Å². The van der Waals surface area contributed by atoms with E-state index in [9.17, 15) is 0 Å². The summed E-state index contributed by atoms with van der Waals surface area (Å²) in [5.41, 5.74) is 6.90. The smallest absolute Gasteiger partial charge is 0.00195 e. The van der Waals surface area contributed by atoms with Crippen molar-refractivity contribution in [3.05, 3.63) is 82.4 Å². The molecular formula is C20H23N. The lowest BCUT2D eigenvalue weighted by Gasteiger charge is -2.12. The minimum absolute atomic E-state index is 0. The molecule has 0 saturated heterocycles. The van der Waals surface area contributed by atoms with E-state index in [-0.39, 0.29) is 6.15 Å². The first kappa shape index (κ1) is 15.3. The van der Waals surface area contributed by atoms with Gasteiger partial charge in [0.1, 0.15) is 0 Å². The molecule has 21 heavy (non-hydrogen) atoms. The van der Waals surface area contributed by atoms with Crippen LogP contribution in [0, 0.1) is 20.8 Å². The third-order valence-electron chi connectivity index (χ3n) is 4.17. The van der Waals surface area contributed by atoms with Crippen LogP contribution in [0.5, 0.6) is 0 Å². The van der Waals surface area contributed by atoms with Crippen LogP contribution in [0.1, 0.15) is 27.8 Å². The average Bonchev–Trinajstić information content (AvgIpc) is 2.47. The zero-order valence-electron chi connectivity index (χ0n) is 13.1. The Morgan fingerprint density at radius 1 is 0.762 bits per heavy atom. The molecule has 0 unspecified atom stereocenters. The van der Waals surface area contributed by atoms with E-state index in [4.69, 9.17) is 0 Å². The van der Waals surface area contributed by atoms with E-state index < -0.39 is 0 Å². The summed E-state index contributed by atoms with van der Waals surface area (Å²) in [6, 6.07) is 19.9. The van der Waals surface area contributed by atoms with Gasteiger partial charge in [-0.3, -0.25) is 0 Å². The number of fused-ring (bicyclic) bond motifs is 1. The SMILES string of the molecule is Cc1ccc(Cc2cc(C)c(C)c3ccccc23)cc1.N. The molecule has 3 rings (SSSR count). The Bertz CT molecular complexity index is 755. The number of hydrogen-bond acceptors (Lipinski definition) is 1. The fraction of sp³-hybridized carbons (Fsp3) is 0.200. The van der Waals surface area contributed by atoms with Crippen molar-refractivity contribution in [3.8, 4) is 0 Å². The highest BCUT2D eigenvalue weighted by Crippen LogP contribution is 2.27. The van der Waals surface area contributed by atoms with Crippen LogP contribution in [0.4, 0.5) is 0 Å². The number of hydrogen-bond donors (Lipinski definition) is 1. The van der Waals surface area contributed by atoms with Crippen molar-refractivity contribution in [2.75, 3.05) is 0 Å². The molecule has 0 saturated carbocycles. The van der Waals surface area contributed by atoms with E-state index in [1.807, 2.05) is 0 Å². The summed E-state index contributed by atoms with van der Waals surface area (Å²) in [6.45, 7) is 6.56. The Kier molecular flexibility index (Phi) is 4.44. The Balaban J connectivity index is 0.00000161. The van der Waals surface area contributed by atoms with Crippen molar-refractivity contribution < 1.29 is 0 Å². The van der Waals surface area contributed by atoms with Crippen LogP contribution >= 0.6 is 0 Å². The predicted octanol–water partition coefficient (Wildman–Crippen LogP) is 5.52. The quantitative estimate of drug-likeness (QED) is 0.657. The molecule has 0 aliphatic rings. The fourth-order valence-electron chi connectivity index (χ4n) is 2.82. The number of aryl methyl sites for hydroxylation is 3. The maximum Gasteiger partial charge on any atom is -0.00195 e. The van der Waals surface area contributed by atoms with E-state index in [1.54, 1.807) is 0 Å². The highest BCUT2D eigenvalue weighted by molar-refractivity contribution is 5.89. The molecular weight excluding hydrogens is 254 g/mol. The molecule has 0 aliphatic carbocycles. The van der Waals surface area contributed by atoms with Crippen LogP contribution in [-0.2, 0) is 6.42 Å².